The van der Waals surface area contributed by atoms with Gasteiger partial charge in [-0.2, -0.15) is 0 Å². The molecule has 0 bridgehead atoms. The van der Waals surface area contributed by atoms with E-state index in [2.05, 4.69) is 0 Å². The number of benzene rings is 2. The first-order valence-corrected chi connectivity index (χ1v) is 9.17. The van der Waals surface area contributed by atoms with Gasteiger partial charge in [-0.25, -0.2) is 0 Å². The van der Waals surface area contributed by atoms with E-state index in [4.69, 9.17) is 23.7 Å². The summed E-state index contributed by atoms with van der Waals surface area (Å²) in [5.74, 6) is 1.63. The van der Waals surface area contributed by atoms with E-state index in [9.17, 15) is 9.90 Å². The second-order valence-electron chi connectivity index (χ2n) is 6.80. The van der Waals surface area contributed by atoms with E-state index in [1.54, 1.807) is 38.4 Å². The number of carbonyl (C=O) groups is 1. The number of phenols is 1. The summed E-state index contributed by atoms with van der Waals surface area (Å²) in [7, 11) is 6.10. The van der Waals surface area contributed by atoms with Gasteiger partial charge in [0.15, 0.2) is 23.0 Å². The van der Waals surface area contributed by atoms with Crippen LogP contribution in [0.1, 0.15) is 33.6 Å². The monoisotopic (exact) mass is 401 g/mol. The van der Waals surface area contributed by atoms with Crippen LogP contribution in [-0.2, 0) is 4.74 Å². The van der Waals surface area contributed by atoms with E-state index in [-0.39, 0.29) is 23.4 Å². The maximum atomic E-state index is 13.0. The van der Waals surface area contributed by atoms with Crippen molar-refractivity contribution in [1.29, 1.82) is 0 Å². The lowest BCUT2D eigenvalue weighted by Gasteiger charge is -2.37. The van der Waals surface area contributed by atoms with Crippen molar-refractivity contribution in [3.05, 3.63) is 41.0 Å². The third-order valence-corrected chi connectivity index (χ3v) is 5.43. The Morgan fingerprint density at radius 1 is 0.966 bits per heavy atom. The Hall–Kier alpha value is -3.13. The van der Waals surface area contributed by atoms with Crippen molar-refractivity contribution in [3.63, 3.8) is 0 Å². The molecule has 0 aliphatic carbocycles. The number of aromatic hydroxyl groups is 1. The number of rotatable bonds is 5. The van der Waals surface area contributed by atoms with Crippen LogP contribution < -0.4 is 18.9 Å². The minimum atomic E-state index is -0.463. The van der Waals surface area contributed by atoms with E-state index < -0.39 is 6.10 Å². The summed E-state index contributed by atoms with van der Waals surface area (Å²) < 4.78 is 27.6. The minimum Gasteiger partial charge on any atom is -0.504 e. The Balaban J connectivity index is 1.84. The molecule has 2 atom stereocenters. The van der Waals surface area contributed by atoms with Crippen LogP contribution in [0.3, 0.4) is 0 Å². The first kappa shape index (κ1) is 19.2. The highest BCUT2D eigenvalue weighted by Gasteiger charge is 2.45. The molecule has 0 saturated carbocycles. The largest absolute Gasteiger partial charge is 0.504 e. The maximum Gasteiger partial charge on any atom is 0.255 e. The van der Waals surface area contributed by atoms with Gasteiger partial charge < -0.3 is 33.7 Å². The summed E-state index contributed by atoms with van der Waals surface area (Å²) in [4.78, 5) is 14.8. The summed E-state index contributed by atoms with van der Waals surface area (Å²) in [6.45, 7) is 0.850. The molecule has 2 aromatic rings. The van der Waals surface area contributed by atoms with Crippen LogP contribution in [0.2, 0.25) is 0 Å². The van der Waals surface area contributed by atoms with Crippen LogP contribution >= 0.6 is 0 Å². The zero-order valence-electron chi connectivity index (χ0n) is 16.7. The molecular weight excluding hydrogens is 378 g/mol. The molecule has 1 saturated heterocycles. The third-order valence-electron chi connectivity index (χ3n) is 5.43. The number of hydrogen-bond acceptors (Lipinski definition) is 7. The van der Waals surface area contributed by atoms with Gasteiger partial charge in [-0.1, -0.05) is 0 Å². The number of ether oxygens (including phenoxy) is 5. The van der Waals surface area contributed by atoms with Crippen LogP contribution in [-0.4, -0.2) is 57.5 Å². The number of hydrogen-bond donors (Lipinski definition) is 1. The fraction of sp³-hybridized carbons (Fsp3) is 0.381. The lowest BCUT2D eigenvalue weighted by atomic mass is 9.93. The third kappa shape index (κ3) is 2.91. The highest BCUT2D eigenvalue weighted by Crippen LogP contribution is 2.50. The number of morpholine rings is 1. The topological polar surface area (TPSA) is 86.7 Å². The van der Waals surface area contributed by atoms with Crippen LogP contribution in [0.25, 0.3) is 0 Å². The lowest BCUT2D eigenvalue weighted by Crippen LogP contribution is -2.40. The summed E-state index contributed by atoms with van der Waals surface area (Å²) in [5, 5.41) is 10.3. The molecule has 2 aromatic carbocycles. The molecule has 0 radical (unpaired) electrons. The second-order valence-corrected chi connectivity index (χ2v) is 6.80. The molecule has 0 spiro atoms. The van der Waals surface area contributed by atoms with Gasteiger partial charge in [0.25, 0.3) is 5.91 Å². The van der Waals surface area contributed by atoms with Gasteiger partial charge in [0.05, 0.1) is 41.1 Å². The predicted molar refractivity (Wildman–Crippen MR) is 103 cm³/mol. The predicted octanol–water partition coefficient (Wildman–Crippen LogP) is 2.70. The first-order chi connectivity index (χ1) is 14.0. The zero-order chi connectivity index (χ0) is 20.7. The molecular formula is C21H23NO7. The van der Waals surface area contributed by atoms with Crippen LogP contribution in [0.15, 0.2) is 24.3 Å². The van der Waals surface area contributed by atoms with Gasteiger partial charge in [0, 0.05) is 12.1 Å². The van der Waals surface area contributed by atoms with Crippen molar-refractivity contribution in [1.82, 2.24) is 4.90 Å². The standard InChI is InChI=1S/C21H23NO7/c1-25-15-10-13-12(9-14(15)23)18-19(29-6-5-22(18)21(13)24)11-7-16(26-2)20(28-4)17(8-11)27-3/h7-10,18-19,23H,5-6H2,1-4H3/t18-,19-/m1/s1. The Kier molecular flexibility index (Phi) is 4.87. The Morgan fingerprint density at radius 3 is 2.21 bits per heavy atom. The summed E-state index contributed by atoms with van der Waals surface area (Å²) in [6, 6.07) is 6.42. The maximum absolute atomic E-state index is 13.0. The number of amides is 1. The molecule has 1 N–H and O–H groups in total. The Labute approximate surface area is 168 Å². The Bertz CT molecular complexity index is 933. The van der Waals surface area contributed by atoms with Gasteiger partial charge in [0.1, 0.15) is 6.10 Å². The van der Waals surface area contributed by atoms with E-state index >= 15 is 0 Å². The quantitative estimate of drug-likeness (QED) is 0.824. The second kappa shape index (κ2) is 7.36. The average molecular weight is 401 g/mol. The molecule has 0 unspecified atom stereocenters. The normalized spacial score (nSPS) is 20.1. The minimum absolute atomic E-state index is 0.0184. The highest BCUT2D eigenvalue weighted by atomic mass is 16.5. The number of methoxy groups -OCH3 is 4. The van der Waals surface area contributed by atoms with Crippen LogP contribution in [0.4, 0.5) is 0 Å². The van der Waals surface area contributed by atoms with Crippen molar-refractivity contribution >= 4 is 5.91 Å². The van der Waals surface area contributed by atoms with Gasteiger partial charge in [-0.3, -0.25) is 4.79 Å². The molecule has 2 aliphatic rings. The molecule has 8 nitrogen and oxygen atoms in total. The van der Waals surface area contributed by atoms with Gasteiger partial charge in [0.2, 0.25) is 5.75 Å². The van der Waals surface area contributed by atoms with Gasteiger partial charge in [-0.05, 0) is 35.4 Å². The van der Waals surface area contributed by atoms with E-state index in [0.29, 0.717) is 41.5 Å². The van der Waals surface area contributed by atoms with Crippen LogP contribution in [0.5, 0.6) is 28.7 Å². The molecule has 154 valence electrons. The summed E-state index contributed by atoms with van der Waals surface area (Å²) in [5.41, 5.74) is 1.99. The van der Waals surface area contributed by atoms with E-state index in [1.807, 2.05) is 12.1 Å². The summed E-state index contributed by atoms with van der Waals surface area (Å²) in [6.07, 6.45) is -0.463. The molecule has 0 aromatic heterocycles. The average Bonchev–Trinajstić information content (AvgIpc) is 3.03. The fourth-order valence-electron chi connectivity index (χ4n) is 4.11. The molecule has 2 aliphatic heterocycles. The van der Waals surface area contributed by atoms with Crippen molar-refractivity contribution < 1.29 is 33.6 Å². The van der Waals surface area contributed by atoms with Crippen molar-refractivity contribution in [2.75, 3.05) is 41.6 Å². The lowest BCUT2D eigenvalue weighted by molar-refractivity contribution is -0.0571. The molecule has 8 heteroatoms. The Morgan fingerprint density at radius 2 is 1.62 bits per heavy atom. The number of carbonyl (C=O) groups excluding carboxylic acids is 1. The first-order valence-electron chi connectivity index (χ1n) is 9.17. The smallest absolute Gasteiger partial charge is 0.255 e. The number of phenolic OH excluding ortho intramolecular Hbond substituents is 1. The number of fused-ring (bicyclic) bond motifs is 3. The fourth-order valence-corrected chi connectivity index (χ4v) is 4.11. The number of nitrogens with zero attached hydrogens (tertiary/aromatic N) is 1. The van der Waals surface area contributed by atoms with E-state index in [1.165, 1.54) is 7.11 Å². The van der Waals surface area contributed by atoms with Crippen molar-refractivity contribution in [2.45, 2.75) is 12.1 Å². The molecule has 29 heavy (non-hydrogen) atoms. The van der Waals surface area contributed by atoms with Crippen LogP contribution in [0, 0.1) is 0 Å². The SMILES string of the molecule is COc1cc2c(cc1O)[C@@H]1[C@@H](c3cc(OC)c(OC)c(OC)c3)OCCN1C2=O. The molecule has 1 amide bonds. The zero-order valence-corrected chi connectivity index (χ0v) is 16.7. The molecule has 1 fully saturated rings. The highest BCUT2D eigenvalue weighted by molar-refractivity contribution is 6.00. The van der Waals surface area contributed by atoms with Gasteiger partial charge in [-0.15, -0.1) is 0 Å². The van der Waals surface area contributed by atoms with Crippen molar-refractivity contribution in [2.24, 2.45) is 0 Å². The van der Waals surface area contributed by atoms with E-state index in [0.717, 1.165) is 5.56 Å². The molecule has 4 rings (SSSR count). The van der Waals surface area contributed by atoms with Gasteiger partial charge >= 0.3 is 0 Å². The summed E-state index contributed by atoms with van der Waals surface area (Å²) >= 11 is 0. The van der Waals surface area contributed by atoms with Crippen molar-refractivity contribution in [3.8, 4) is 28.7 Å². The molecule has 2 heterocycles.